The van der Waals surface area contributed by atoms with E-state index in [1.54, 1.807) is 11.0 Å². The number of carbonyl (C=O) groups is 1. The molecule has 0 unspecified atom stereocenters. The van der Waals surface area contributed by atoms with Gasteiger partial charge < -0.3 is 9.73 Å². The van der Waals surface area contributed by atoms with Crippen LogP contribution in [0, 0.1) is 6.92 Å². The minimum atomic E-state index is -0.155. The molecule has 0 aliphatic rings. The number of pyridine rings is 1. The van der Waals surface area contributed by atoms with Crippen molar-refractivity contribution >= 4 is 27.7 Å². The van der Waals surface area contributed by atoms with Gasteiger partial charge in [0.05, 0.1) is 13.1 Å². The number of amides is 1. The monoisotopic (exact) mass is 415 g/mol. The minimum Gasteiger partial charge on any atom is -0.419 e. The molecule has 0 radical (unpaired) electrons. The van der Waals surface area contributed by atoms with Crippen LogP contribution in [0.2, 0.25) is 0 Å². The second-order valence-electron chi connectivity index (χ2n) is 5.90. The lowest BCUT2D eigenvalue weighted by Crippen LogP contribution is -2.30. The zero-order chi connectivity index (χ0) is 18.5. The predicted octanol–water partition coefficient (Wildman–Crippen LogP) is 3.27. The number of nitrogens with one attached hydrogen (secondary N) is 1. The Morgan fingerprint density at radius 1 is 1.23 bits per heavy atom. The molecule has 0 aliphatic carbocycles. The summed E-state index contributed by atoms with van der Waals surface area (Å²) in [6.07, 6.45) is 0. The second-order valence-corrected chi connectivity index (χ2v) is 6.81. The Kier molecular flexibility index (Phi) is 5.75. The fourth-order valence-corrected chi connectivity index (χ4v) is 2.78. The number of anilines is 1. The molecule has 8 heteroatoms. The maximum atomic E-state index is 12.1. The number of aromatic nitrogens is 3. The number of rotatable bonds is 6. The molecular weight excluding hydrogens is 398 g/mol. The van der Waals surface area contributed by atoms with Crippen LogP contribution in [-0.2, 0) is 11.3 Å². The smallest absolute Gasteiger partial charge is 0.247 e. The SMILES string of the molecule is Cc1cccc(NC(=O)CN(C)Cc2nnc(-c3cccc(Br)c3)o2)n1. The van der Waals surface area contributed by atoms with E-state index in [2.05, 4.69) is 36.4 Å². The number of benzene rings is 1. The first-order valence-corrected chi connectivity index (χ1v) is 8.79. The lowest BCUT2D eigenvalue weighted by Gasteiger charge is -2.13. The third kappa shape index (κ3) is 4.96. The third-order valence-electron chi connectivity index (χ3n) is 3.51. The van der Waals surface area contributed by atoms with E-state index in [1.807, 2.05) is 50.4 Å². The van der Waals surface area contributed by atoms with Crippen LogP contribution >= 0.6 is 15.9 Å². The lowest BCUT2D eigenvalue weighted by molar-refractivity contribution is -0.117. The van der Waals surface area contributed by atoms with Crippen molar-refractivity contribution in [1.82, 2.24) is 20.1 Å². The molecule has 3 rings (SSSR count). The molecule has 1 amide bonds. The highest BCUT2D eigenvalue weighted by Gasteiger charge is 2.13. The van der Waals surface area contributed by atoms with Crippen LogP contribution in [0.3, 0.4) is 0 Å². The molecule has 7 nitrogen and oxygen atoms in total. The number of likely N-dealkylation sites (N-methyl/N-ethyl adjacent to an activating group) is 1. The van der Waals surface area contributed by atoms with Crippen LogP contribution in [0.15, 0.2) is 51.4 Å². The average molecular weight is 416 g/mol. The quantitative estimate of drug-likeness (QED) is 0.664. The lowest BCUT2D eigenvalue weighted by atomic mass is 10.2. The Labute approximate surface area is 159 Å². The molecule has 134 valence electrons. The predicted molar refractivity (Wildman–Crippen MR) is 101 cm³/mol. The number of carbonyl (C=O) groups excluding carboxylic acids is 1. The summed E-state index contributed by atoms with van der Waals surface area (Å²) in [6, 6.07) is 13.1. The molecule has 26 heavy (non-hydrogen) atoms. The first kappa shape index (κ1) is 18.2. The van der Waals surface area contributed by atoms with Crippen molar-refractivity contribution in [1.29, 1.82) is 0 Å². The van der Waals surface area contributed by atoms with Gasteiger partial charge in [0.2, 0.25) is 17.7 Å². The number of nitrogens with zero attached hydrogens (tertiary/aromatic N) is 4. The average Bonchev–Trinajstić information content (AvgIpc) is 3.03. The Hall–Kier alpha value is -2.58. The van der Waals surface area contributed by atoms with E-state index in [4.69, 9.17) is 4.42 Å². The van der Waals surface area contributed by atoms with E-state index in [-0.39, 0.29) is 12.5 Å². The van der Waals surface area contributed by atoms with Crippen LogP contribution in [0.4, 0.5) is 5.82 Å². The Morgan fingerprint density at radius 3 is 2.81 bits per heavy atom. The first-order valence-electron chi connectivity index (χ1n) is 8.00. The highest BCUT2D eigenvalue weighted by atomic mass is 79.9. The maximum absolute atomic E-state index is 12.1. The first-order chi connectivity index (χ1) is 12.5. The number of aryl methyl sites for hydroxylation is 1. The number of hydrogen-bond acceptors (Lipinski definition) is 6. The molecule has 1 aromatic carbocycles. The van der Waals surface area contributed by atoms with Gasteiger partial charge in [0.15, 0.2) is 0 Å². The summed E-state index contributed by atoms with van der Waals surface area (Å²) in [5.41, 5.74) is 1.69. The molecule has 1 N–H and O–H groups in total. The fourth-order valence-electron chi connectivity index (χ4n) is 2.38. The molecule has 2 heterocycles. The van der Waals surface area contributed by atoms with E-state index in [1.165, 1.54) is 0 Å². The molecule has 0 bridgehead atoms. The molecule has 3 aromatic rings. The summed E-state index contributed by atoms with van der Waals surface area (Å²) < 4.78 is 6.62. The Balaban J connectivity index is 1.56. The van der Waals surface area contributed by atoms with E-state index in [0.717, 1.165) is 15.7 Å². The zero-order valence-electron chi connectivity index (χ0n) is 14.4. The summed E-state index contributed by atoms with van der Waals surface area (Å²) in [5.74, 6) is 1.28. The van der Waals surface area contributed by atoms with Gasteiger partial charge in [0.1, 0.15) is 5.82 Å². The standard InChI is InChI=1S/C18H18BrN5O2/c1-12-5-3-8-15(20-12)21-16(25)10-24(2)11-17-22-23-18(26-17)13-6-4-7-14(19)9-13/h3-9H,10-11H2,1-2H3,(H,20,21,25). The van der Waals surface area contributed by atoms with Crippen LogP contribution in [-0.4, -0.2) is 39.6 Å². The van der Waals surface area contributed by atoms with E-state index < -0.39 is 0 Å². The van der Waals surface area contributed by atoms with Crippen molar-refractivity contribution < 1.29 is 9.21 Å². The van der Waals surface area contributed by atoms with Gasteiger partial charge in [-0.3, -0.25) is 9.69 Å². The van der Waals surface area contributed by atoms with Crippen LogP contribution in [0.1, 0.15) is 11.6 Å². The summed E-state index contributed by atoms with van der Waals surface area (Å²) in [4.78, 5) is 18.2. The molecule has 0 aliphatic heterocycles. The topological polar surface area (TPSA) is 84.2 Å². The van der Waals surface area contributed by atoms with Crippen molar-refractivity contribution in [2.45, 2.75) is 13.5 Å². The number of hydrogen-bond donors (Lipinski definition) is 1. The van der Waals surface area contributed by atoms with Crippen molar-refractivity contribution in [3.05, 3.63) is 58.5 Å². The highest BCUT2D eigenvalue weighted by molar-refractivity contribution is 9.10. The van der Waals surface area contributed by atoms with Gasteiger partial charge in [-0.15, -0.1) is 10.2 Å². The molecule has 2 aromatic heterocycles. The minimum absolute atomic E-state index is 0.155. The van der Waals surface area contributed by atoms with Gasteiger partial charge in [-0.25, -0.2) is 4.98 Å². The zero-order valence-corrected chi connectivity index (χ0v) is 16.0. The second kappa shape index (κ2) is 8.20. The van der Waals surface area contributed by atoms with Crippen molar-refractivity contribution in [3.63, 3.8) is 0 Å². The molecule has 0 saturated carbocycles. The van der Waals surface area contributed by atoms with Gasteiger partial charge in [-0.1, -0.05) is 28.1 Å². The van der Waals surface area contributed by atoms with Gasteiger partial charge in [-0.05, 0) is 44.3 Å². The third-order valence-corrected chi connectivity index (χ3v) is 4.01. The summed E-state index contributed by atoms with van der Waals surface area (Å²) in [6.45, 7) is 2.43. The largest absolute Gasteiger partial charge is 0.419 e. The number of halogens is 1. The molecule has 0 atom stereocenters. The Morgan fingerprint density at radius 2 is 2.04 bits per heavy atom. The van der Waals surface area contributed by atoms with Crippen molar-refractivity contribution in [2.75, 3.05) is 18.9 Å². The van der Waals surface area contributed by atoms with Gasteiger partial charge in [-0.2, -0.15) is 0 Å². The van der Waals surface area contributed by atoms with Gasteiger partial charge >= 0.3 is 0 Å². The van der Waals surface area contributed by atoms with E-state index in [0.29, 0.717) is 24.1 Å². The summed E-state index contributed by atoms with van der Waals surface area (Å²) in [5, 5.41) is 10.9. The normalized spacial score (nSPS) is 10.9. The Bertz CT molecular complexity index is 912. The van der Waals surface area contributed by atoms with Crippen molar-refractivity contribution in [3.8, 4) is 11.5 Å². The maximum Gasteiger partial charge on any atom is 0.247 e. The van der Waals surface area contributed by atoms with Gasteiger partial charge in [0.25, 0.3) is 0 Å². The molecule has 0 fully saturated rings. The van der Waals surface area contributed by atoms with Crippen LogP contribution in [0.5, 0.6) is 0 Å². The van der Waals surface area contributed by atoms with E-state index >= 15 is 0 Å². The van der Waals surface area contributed by atoms with Gasteiger partial charge in [0, 0.05) is 15.7 Å². The van der Waals surface area contributed by atoms with Crippen LogP contribution < -0.4 is 5.32 Å². The summed E-state index contributed by atoms with van der Waals surface area (Å²) in [7, 11) is 1.81. The molecule has 0 spiro atoms. The summed E-state index contributed by atoms with van der Waals surface area (Å²) >= 11 is 3.42. The molecule has 0 saturated heterocycles. The fraction of sp³-hybridized carbons (Fsp3) is 0.222. The van der Waals surface area contributed by atoms with E-state index in [9.17, 15) is 4.79 Å². The highest BCUT2D eigenvalue weighted by Crippen LogP contribution is 2.22. The molecular formula is C18H18BrN5O2. The van der Waals surface area contributed by atoms with Crippen molar-refractivity contribution in [2.24, 2.45) is 0 Å². The van der Waals surface area contributed by atoms with Crippen LogP contribution in [0.25, 0.3) is 11.5 Å².